The summed E-state index contributed by atoms with van der Waals surface area (Å²) >= 11 is 0. The Hall–Kier alpha value is -2.60. The number of cyclic esters (lactones) is 1. The average molecular weight is 931 g/mol. The van der Waals surface area contributed by atoms with E-state index in [0.29, 0.717) is 25.7 Å². The number of hydrogen-bond acceptors (Lipinski definition) is 15. The van der Waals surface area contributed by atoms with Gasteiger partial charge in [0.15, 0.2) is 6.10 Å². The van der Waals surface area contributed by atoms with Gasteiger partial charge < -0.3 is 50.1 Å². The topological polar surface area (TPSA) is 267 Å². The minimum absolute atomic E-state index is 0.0864. The first-order valence-corrected chi connectivity index (χ1v) is 25.0. The van der Waals surface area contributed by atoms with Crippen molar-refractivity contribution in [1.82, 2.24) is 0 Å². The number of carbonyl (C=O) groups excluding carboxylic acids is 3. The highest BCUT2D eigenvalue weighted by Crippen LogP contribution is 2.47. The number of Topliss-reactive ketones (excluding diaryl/α,β-unsaturated/α-hetero) is 1. The van der Waals surface area contributed by atoms with E-state index in [2.05, 4.69) is 31.2 Å². The number of hydrogen-bond donors (Lipinski definition) is 8. The lowest BCUT2D eigenvalue weighted by molar-refractivity contribution is -0.166. The lowest BCUT2D eigenvalue weighted by Crippen LogP contribution is -2.55. The first kappa shape index (κ1) is 57.5. The van der Waals surface area contributed by atoms with Gasteiger partial charge in [-0.2, -0.15) is 0 Å². The normalized spacial score (nSPS) is 31.8. The summed E-state index contributed by atoms with van der Waals surface area (Å²) in [7, 11) is -5.46. The van der Waals surface area contributed by atoms with E-state index in [9.17, 15) is 59.6 Å². The predicted molar refractivity (Wildman–Crippen MR) is 240 cm³/mol. The van der Waals surface area contributed by atoms with Gasteiger partial charge in [-0.05, 0) is 64.2 Å². The molecule has 0 aromatic carbocycles. The van der Waals surface area contributed by atoms with E-state index in [1.165, 1.54) is 37.5 Å². The third kappa shape index (κ3) is 23.2. The van der Waals surface area contributed by atoms with Crippen molar-refractivity contribution in [3.63, 3.8) is 0 Å². The highest BCUT2D eigenvalue weighted by molar-refractivity contribution is 7.47. The molecule has 1 aliphatic carbocycles. The van der Waals surface area contributed by atoms with E-state index in [1.54, 1.807) is 6.08 Å². The van der Waals surface area contributed by atoms with Gasteiger partial charge in [-0.3, -0.25) is 23.4 Å². The summed E-state index contributed by atoms with van der Waals surface area (Å²) in [5.74, 6) is -5.08. The van der Waals surface area contributed by atoms with Crippen LogP contribution in [-0.4, -0.2) is 127 Å². The lowest BCUT2D eigenvalue weighted by Gasteiger charge is -2.36. The Labute approximate surface area is 380 Å². The molecule has 1 unspecified atom stereocenters. The number of carbonyl (C=O) groups is 3. The second kappa shape index (κ2) is 33.0. The van der Waals surface area contributed by atoms with E-state index < -0.39 is 112 Å². The summed E-state index contributed by atoms with van der Waals surface area (Å²) in [6, 6.07) is 0. The van der Waals surface area contributed by atoms with Gasteiger partial charge in [0.05, 0.1) is 31.0 Å². The number of rotatable bonds is 22. The van der Waals surface area contributed by atoms with Crippen molar-refractivity contribution in [2.24, 2.45) is 11.8 Å². The maximum atomic E-state index is 13.6. The van der Waals surface area contributed by atoms with Crippen LogP contribution in [0.1, 0.15) is 149 Å². The van der Waals surface area contributed by atoms with Gasteiger partial charge in [-0.1, -0.05) is 114 Å². The number of esters is 2. The Morgan fingerprint density at radius 1 is 0.828 bits per heavy atom. The monoisotopic (exact) mass is 931 g/mol. The van der Waals surface area contributed by atoms with Gasteiger partial charge >= 0.3 is 19.8 Å². The number of phosphoric ester groups is 1. The maximum absolute atomic E-state index is 13.6. The van der Waals surface area contributed by atoms with Gasteiger partial charge in [0.2, 0.25) is 0 Å². The molecule has 0 saturated heterocycles. The van der Waals surface area contributed by atoms with Crippen molar-refractivity contribution in [3.8, 4) is 0 Å². The summed E-state index contributed by atoms with van der Waals surface area (Å²) in [6.07, 6.45) is 9.93. The first-order valence-electron chi connectivity index (χ1n) is 23.5. The zero-order valence-electron chi connectivity index (χ0n) is 38.0. The van der Waals surface area contributed by atoms with Crippen LogP contribution in [0.25, 0.3) is 0 Å². The van der Waals surface area contributed by atoms with Crippen molar-refractivity contribution < 1.29 is 78.1 Å². The molecule has 17 heteroatoms. The fourth-order valence-electron chi connectivity index (χ4n) is 7.55. The number of allylic oxidation sites excluding steroid dienone is 6. The van der Waals surface area contributed by atoms with Crippen molar-refractivity contribution in [2.45, 2.75) is 204 Å². The molecule has 12 atom stereocenters. The Morgan fingerprint density at radius 3 is 2.17 bits per heavy atom. The van der Waals surface area contributed by atoms with Crippen LogP contribution >= 0.6 is 7.82 Å². The van der Waals surface area contributed by atoms with E-state index in [1.807, 2.05) is 6.92 Å². The van der Waals surface area contributed by atoms with Gasteiger partial charge in [-0.15, -0.1) is 0 Å². The smallest absolute Gasteiger partial charge is 0.462 e. The fourth-order valence-corrected chi connectivity index (χ4v) is 8.52. The molecule has 1 saturated carbocycles. The molecule has 368 valence electrons. The van der Waals surface area contributed by atoms with Crippen LogP contribution in [-0.2, 0) is 37.5 Å². The molecule has 0 radical (unpaired) electrons. The standard InChI is InChI=1S/C47H79O16P/c1-3-5-7-8-9-10-11-12-13-14-15-16-17-18-23-27-40(51)60-32-35-33-61-64(58,59)63-47-45(56)43(54)37(30-29-34(48)25-21-6-4-2)39(50)31-38(49)36(42(53)44(55)46(47)57)26-22-19-20-24-28-41(52)62-35/h9-10,12-13,19,22,29-30,34-37,39,42-48,50,53-57H,3-8,11,14-18,20-21,23-28,31-33H2,1-2H3,(H,58,59)/b10-9-,13-12-,22-19-,30-29+/t34-,35+,36-,37-,39+,42+,43+,44-,45+,46+,47+/m0/s1. The molecule has 0 amide bonds. The number of ether oxygens (including phenoxy) is 2. The van der Waals surface area contributed by atoms with Gasteiger partial charge in [0, 0.05) is 31.1 Å². The number of aliphatic hydroxyl groups excluding tert-OH is 7. The van der Waals surface area contributed by atoms with Crippen LogP contribution in [0, 0.1) is 11.8 Å². The predicted octanol–water partition coefficient (Wildman–Crippen LogP) is 5.76. The minimum Gasteiger partial charge on any atom is -0.462 e. The van der Waals surface area contributed by atoms with Crippen LogP contribution < -0.4 is 0 Å². The van der Waals surface area contributed by atoms with Crippen LogP contribution in [0.3, 0.4) is 0 Å². The average Bonchev–Trinajstić information content (AvgIpc) is 3.26. The summed E-state index contributed by atoms with van der Waals surface area (Å²) in [6.45, 7) is 2.75. The fraction of sp³-hybridized carbons (Fsp3) is 0.766. The molecule has 2 aliphatic rings. The van der Waals surface area contributed by atoms with E-state index in [-0.39, 0.29) is 25.7 Å². The van der Waals surface area contributed by atoms with Gasteiger partial charge in [0.25, 0.3) is 0 Å². The number of aliphatic hydroxyl groups is 7. The molecule has 0 spiro atoms. The van der Waals surface area contributed by atoms with Crippen LogP contribution in [0.15, 0.2) is 48.6 Å². The number of unbranched alkanes of at least 4 members (excludes halogenated alkanes) is 10. The minimum atomic E-state index is -5.46. The second-order valence-corrected chi connectivity index (χ2v) is 18.4. The molecule has 16 nitrogen and oxygen atoms in total. The summed E-state index contributed by atoms with van der Waals surface area (Å²) in [5.41, 5.74) is 0. The van der Waals surface area contributed by atoms with Crippen molar-refractivity contribution in [2.75, 3.05) is 13.2 Å². The molecule has 1 aliphatic heterocycles. The van der Waals surface area contributed by atoms with Crippen molar-refractivity contribution in [1.29, 1.82) is 0 Å². The zero-order valence-corrected chi connectivity index (χ0v) is 38.9. The van der Waals surface area contributed by atoms with E-state index in [0.717, 1.165) is 57.8 Å². The molecule has 0 aromatic rings. The summed E-state index contributed by atoms with van der Waals surface area (Å²) < 4.78 is 34.6. The number of fused-ring (bicyclic) bond motifs is 4. The van der Waals surface area contributed by atoms with Crippen LogP contribution in [0.5, 0.6) is 0 Å². The Kier molecular flexibility index (Phi) is 29.6. The first-order chi connectivity index (χ1) is 30.6. The van der Waals surface area contributed by atoms with Crippen molar-refractivity contribution in [3.05, 3.63) is 48.6 Å². The lowest BCUT2D eigenvalue weighted by atomic mass is 9.84. The summed E-state index contributed by atoms with van der Waals surface area (Å²) in [4.78, 5) is 49.9. The van der Waals surface area contributed by atoms with E-state index in [4.69, 9.17) is 18.5 Å². The largest absolute Gasteiger partial charge is 0.472 e. The van der Waals surface area contributed by atoms with Crippen LogP contribution in [0.2, 0.25) is 0 Å². The molecule has 2 bridgehead atoms. The second-order valence-electron chi connectivity index (χ2n) is 17.0. The Bertz CT molecular complexity index is 1480. The molecule has 2 rings (SSSR count). The Morgan fingerprint density at radius 2 is 1.47 bits per heavy atom. The van der Waals surface area contributed by atoms with Crippen molar-refractivity contribution >= 4 is 25.5 Å². The third-order valence-corrected chi connectivity index (χ3v) is 12.5. The molecular formula is C47H79O16P. The SMILES string of the molecule is CCCCC/C=C\C/C=C\CCCCCCCC(=O)OC[C@@H]1COP(=O)(O)O[C@H]2[C@H](O)[C@@H](O)[C@H](O)[C@@H](C/C=C\CCCC(=O)O1)C(=O)C[C@@H](O)[C@H](/C=C/[C@@H](O)CCCCC)[C@@H](O)[C@H]2O. The summed E-state index contributed by atoms with van der Waals surface area (Å²) in [5, 5.41) is 78.3. The van der Waals surface area contributed by atoms with Gasteiger partial charge in [0.1, 0.15) is 36.8 Å². The highest BCUT2D eigenvalue weighted by atomic mass is 31.2. The zero-order chi connectivity index (χ0) is 47.3. The molecule has 1 fully saturated rings. The quantitative estimate of drug-likeness (QED) is 0.0278. The number of phosphoric acid groups is 1. The highest BCUT2D eigenvalue weighted by Gasteiger charge is 2.49. The maximum Gasteiger partial charge on any atom is 0.472 e. The van der Waals surface area contributed by atoms with E-state index >= 15 is 0 Å². The van der Waals surface area contributed by atoms with Gasteiger partial charge in [-0.25, -0.2) is 4.57 Å². The van der Waals surface area contributed by atoms with Crippen LogP contribution in [0.4, 0.5) is 0 Å². The Balaban J connectivity index is 2.17. The molecule has 8 N–H and O–H groups in total. The molecule has 0 aromatic heterocycles. The molecule has 1 heterocycles. The molecular weight excluding hydrogens is 851 g/mol. The molecule has 64 heavy (non-hydrogen) atoms. The number of ketones is 1. The third-order valence-electron chi connectivity index (χ3n) is 11.5.